The van der Waals surface area contributed by atoms with E-state index in [-0.39, 0.29) is 29.8 Å². The Morgan fingerprint density at radius 2 is 2.03 bits per heavy atom. The van der Waals surface area contributed by atoms with Gasteiger partial charge in [-0.3, -0.25) is 4.99 Å². The minimum Gasteiger partial charge on any atom is -0.361 e. The number of aromatic nitrogens is 1. The van der Waals surface area contributed by atoms with E-state index in [0.29, 0.717) is 38.6 Å². The maximum Gasteiger partial charge on any atom is 0.211 e. The highest BCUT2D eigenvalue weighted by molar-refractivity contribution is 14.0. The number of aromatic amines is 1. The number of guanidine groups is 1. The molecule has 29 heavy (non-hydrogen) atoms. The van der Waals surface area contributed by atoms with Crippen LogP contribution < -0.4 is 10.6 Å². The van der Waals surface area contributed by atoms with Crippen molar-refractivity contribution in [3.8, 4) is 0 Å². The summed E-state index contributed by atoms with van der Waals surface area (Å²) in [4.78, 5) is 7.61. The van der Waals surface area contributed by atoms with E-state index in [9.17, 15) is 12.8 Å². The van der Waals surface area contributed by atoms with Crippen LogP contribution in [0.3, 0.4) is 0 Å². The zero-order valence-corrected chi connectivity index (χ0v) is 20.3. The number of H-pyrrole nitrogens is 1. The van der Waals surface area contributed by atoms with Gasteiger partial charge in [-0.25, -0.2) is 17.1 Å². The van der Waals surface area contributed by atoms with Gasteiger partial charge in [0.2, 0.25) is 10.0 Å². The summed E-state index contributed by atoms with van der Waals surface area (Å²) >= 11 is 0. The molecule has 2 aromatic rings. The van der Waals surface area contributed by atoms with Crippen LogP contribution in [0.4, 0.5) is 4.39 Å². The molecule has 0 amide bonds. The van der Waals surface area contributed by atoms with Crippen LogP contribution in [0.5, 0.6) is 0 Å². The fourth-order valence-electron chi connectivity index (χ4n) is 3.02. The molecule has 0 saturated heterocycles. The van der Waals surface area contributed by atoms with Gasteiger partial charge in [-0.1, -0.05) is 6.92 Å². The first-order chi connectivity index (χ1) is 13.3. The fourth-order valence-corrected chi connectivity index (χ4v) is 3.95. The van der Waals surface area contributed by atoms with Gasteiger partial charge in [-0.2, -0.15) is 0 Å². The van der Waals surface area contributed by atoms with Gasteiger partial charge in [0.15, 0.2) is 5.96 Å². The number of hydrogen-bond donors (Lipinski definition) is 3. The number of benzene rings is 1. The van der Waals surface area contributed by atoms with Crippen LogP contribution in [-0.4, -0.2) is 62.6 Å². The van der Waals surface area contributed by atoms with E-state index in [1.54, 1.807) is 6.07 Å². The van der Waals surface area contributed by atoms with E-state index in [1.807, 2.05) is 20.0 Å². The molecule has 164 valence electrons. The molecule has 1 aromatic heterocycles. The Morgan fingerprint density at radius 1 is 1.28 bits per heavy atom. The Kier molecular flexibility index (Phi) is 10.9. The molecule has 0 aliphatic carbocycles. The molecule has 3 N–H and O–H groups in total. The Labute approximate surface area is 189 Å². The summed E-state index contributed by atoms with van der Waals surface area (Å²) in [5.41, 5.74) is 1.91. The van der Waals surface area contributed by atoms with E-state index in [4.69, 9.17) is 0 Å². The summed E-state index contributed by atoms with van der Waals surface area (Å²) in [7, 11) is -3.16. The van der Waals surface area contributed by atoms with Crippen molar-refractivity contribution in [2.45, 2.75) is 26.7 Å². The molecule has 0 saturated carbocycles. The molecule has 0 fully saturated rings. The van der Waals surface area contributed by atoms with Crippen LogP contribution in [0, 0.1) is 5.82 Å². The van der Waals surface area contributed by atoms with E-state index < -0.39 is 10.0 Å². The summed E-state index contributed by atoms with van der Waals surface area (Å²) in [6, 6.07) is 4.75. The first-order valence-electron chi connectivity index (χ1n) is 9.58. The maximum absolute atomic E-state index is 13.3. The normalized spacial score (nSPS) is 12.2. The van der Waals surface area contributed by atoms with Crippen molar-refractivity contribution in [3.05, 3.63) is 35.8 Å². The number of hydrogen-bond acceptors (Lipinski definition) is 3. The van der Waals surface area contributed by atoms with Crippen molar-refractivity contribution in [2.75, 3.05) is 39.0 Å². The van der Waals surface area contributed by atoms with Gasteiger partial charge in [0.05, 0.1) is 6.26 Å². The summed E-state index contributed by atoms with van der Waals surface area (Å²) in [5.74, 6) is 0.453. The Hall–Kier alpha value is -1.40. The molecule has 2 rings (SSSR count). The number of nitrogens with one attached hydrogen (secondary N) is 3. The number of aliphatic imine (C=N–C) groups is 1. The molecular formula is C19H31FIN5O2S. The second kappa shape index (κ2) is 12.3. The zero-order valence-electron chi connectivity index (χ0n) is 17.2. The number of sulfonamides is 1. The maximum atomic E-state index is 13.3. The predicted molar refractivity (Wildman–Crippen MR) is 128 cm³/mol. The number of nitrogens with zero attached hydrogens (tertiary/aromatic N) is 2. The van der Waals surface area contributed by atoms with Crippen molar-refractivity contribution < 1.29 is 12.8 Å². The first kappa shape index (κ1) is 25.6. The molecule has 0 atom stereocenters. The Bertz CT molecular complexity index is 901. The number of fused-ring (bicyclic) bond motifs is 1. The molecule has 0 bridgehead atoms. The highest BCUT2D eigenvalue weighted by Crippen LogP contribution is 2.19. The fraction of sp³-hybridized carbons (Fsp3) is 0.526. The lowest BCUT2D eigenvalue weighted by Crippen LogP contribution is -2.38. The lowest BCUT2D eigenvalue weighted by molar-refractivity contribution is 0.427. The predicted octanol–water partition coefficient (Wildman–Crippen LogP) is 2.69. The summed E-state index contributed by atoms with van der Waals surface area (Å²) in [6.07, 6.45) is 4.56. The van der Waals surface area contributed by atoms with Crippen LogP contribution in [0.25, 0.3) is 10.9 Å². The van der Waals surface area contributed by atoms with Crippen molar-refractivity contribution in [1.82, 2.24) is 19.9 Å². The smallest absolute Gasteiger partial charge is 0.211 e. The van der Waals surface area contributed by atoms with E-state index >= 15 is 0 Å². The third kappa shape index (κ3) is 8.09. The van der Waals surface area contributed by atoms with Gasteiger partial charge >= 0.3 is 0 Å². The molecule has 0 spiro atoms. The minimum atomic E-state index is -3.16. The molecule has 10 heteroatoms. The summed E-state index contributed by atoms with van der Waals surface area (Å²) < 4.78 is 37.9. The SMILES string of the molecule is CCNC(=NCCCN(CC)S(C)(=O)=O)NCCc1c[nH]c2cc(F)ccc12.I. The third-order valence-corrected chi connectivity index (χ3v) is 5.80. The quantitative estimate of drug-likeness (QED) is 0.188. The lowest BCUT2D eigenvalue weighted by Gasteiger charge is -2.17. The second-order valence-corrected chi connectivity index (χ2v) is 8.53. The third-order valence-electron chi connectivity index (χ3n) is 4.42. The van der Waals surface area contributed by atoms with Gasteiger partial charge in [-0.15, -0.1) is 24.0 Å². The van der Waals surface area contributed by atoms with Gasteiger partial charge in [0.25, 0.3) is 0 Å². The van der Waals surface area contributed by atoms with Gasteiger partial charge in [0.1, 0.15) is 5.82 Å². The summed E-state index contributed by atoms with van der Waals surface area (Å²) in [6.45, 7) is 6.71. The molecule has 0 radical (unpaired) electrons. The molecule has 0 aliphatic heterocycles. The van der Waals surface area contributed by atoms with Crippen molar-refractivity contribution in [2.24, 2.45) is 4.99 Å². The van der Waals surface area contributed by atoms with Crippen LogP contribution in [0.2, 0.25) is 0 Å². The Morgan fingerprint density at radius 3 is 2.69 bits per heavy atom. The molecule has 1 aromatic carbocycles. The average molecular weight is 539 g/mol. The minimum absolute atomic E-state index is 0. The monoisotopic (exact) mass is 539 g/mol. The average Bonchev–Trinajstić information content (AvgIpc) is 3.02. The molecular weight excluding hydrogens is 508 g/mol. The topological polar surface area (TPSA) is 89.6 Å². The molecule has 0 aliphatic rings. The molecule has 0 unspecified atom stereocenters. The van der Waals surface area contributed by atoms with Crippen LogP contribution in [0.1, 0.15) is 25.8 Å². The van der Waals surface area contributed by atoms with Crippen LogP contribution in [0.15, 0.2) is 29.4 Å². The largest absolute Gasteiger partial charge is 0.361 e. The van der Waals surface area contributed by atoms with Crippen molar-refractivity contribution >= 4 is 50.9 Å². The van der Waals surface area contributed by atoms with E-state index in [2.05, 4.69) is 20.6 Å². The number of rotatable bonds is 10. The van der Waals surface area contributed by atoms with Crippen molar-refractivity contribution in [3.63, 3.8) is 0 Å². The standard InChI is InChI=1S/C19H30FN5O2S.HI/c1-4-21-19(22-10-6-12-25(5-2)28(3,26)27)23-11-9-15-14-24-18-13-16(20)7-8-17(15)18;/h7-8,13-14,24H,4-6,9-12H2,1-3H3,(H2,21,22,23);1H. The molecule has 1 heterocycles. The Balaban J connectivity index is 0.00000420. The van der Waals surface area contributed by atoms with E-state index in [1.165, 1.54) is 22.7 Å². The number of halogens is 2. The lowest BCUT2D eigenvalue weighted by atomic mass is 10.1. The first-order valence-corrected chi connectivity index (χ1v) is 11.4. The summed E-state index contributed by atoms with van der Waals surface area (Å²) in [5, 5.41) is 7.49. The van der Waals surface area contributed by atoms with E-state index in [0.717, 1.165) is 29.4 Å². The second-order valence-electron chi connectivity index (χ2n) is 6.55. The van der Waals surface area contributed by atoms with Crippen molar-refractivity contribution in [1.29, 1.82) is 0 Å². The van der Waals surface area contributed by atoms with Crippen LogP contribution in [-0.2, 0) is 16.4 Å². The van der Waals surface area contributed by atoms with Gasteiger partial charge in [-0.05, 0) is 43.5 Å². The van der Waals surface area contributed by atoms with Gasteiger partial charge < -0.3 is 15.6 Å². The highest BCUT2D eigenvalue weighted by atomic mass is 127. The zero-order chi connectivity index (χ0) is 20.6. The highest BCUT2D eigenvalue weighted by Gasteiger charge is 2.13. The van der Waals surface area contributed by atoms with Crippen LogP contribution >= 0.6 is 24.0 Å². The molecule has 7 nitrogen and oxygen atoms in total. The van der Waals surface area contributed by atoms with Gasteiger partial charge in [0, 0.05) is 49.8 Å².